The Kier molecular flexibility index (Phi) is 7.99. The van der Waals surface area contributed by atoms with Crippen molar-refractivity contribution in [1.29, 1.82) is 0 Å². The van der Waals surface area contributed by atoms with Crippen LogP contribution in [0.25, 0.3) is 16.6 Å². The lowest BCUT2D eigenvalue weighted by Crippen LogP contribution is -2.37. The van der Waals surface area contributed by atoms with Gasteiger partial charge in [0.05, 0.1) is 26.6 Å². The number of fused-ring (bicyclic) bond motifs is 1. The van der Waals surface area contributed by atoms with E-state index in [4.69, 9.17) is 28.2 Å². The number of hydrogen-bond acceptors (Lipinski definition) is 4. The zero-order valence-corrected chi connectivity index (χ0v) is 20.9. The predicted octanol–water partition coefficient (Wildman–Crippen LogP) is 6.21. The fraction of sp³-hybridized carbons (Fsp3) is 0.400. The minimum Gasteiger partial charge on any atom is -0.343 e. The van der Waals surface area contributed by atoms with Crippen LogP contribution in [0, 0.1) is 5.92 Å². The fourth-order valence-corrected chi connectivity index (χ4v) is 5.32. The van der Waals surface area contributed by atoms with E-state index in [-0.39, 0.29) is 11.5 Å². The Morgan fingerprint density at radius 1 is 1.09 bits per heavy atom. The molecular formula is C25H27Cl2N3O2S. The number of amides is 1. The highest BCUT2D eigenvalue weighted by molar-refractivity contribution is 7.99. The Bertz CT molecular complexity index is 1210. The van der Waals surface area contributed by atoms with Crippen molar-refractivity contribution in [2.24, 2.45) is 5.92 Å². The van der Waals surface area contributed by atoms with E-state index in [2.05, 4.69) is 6.92 Å². The summed E-state index contributed by atoms with van der Waals surface area (Å²) in [6.45, 7) is 4.01. The third-order valence-electron chi connectivity index (χ3n) is 6.06. The molecule has 2 heterocycles. The van der Waals surface area contributed by atoms with Crippen LogP contribution in [-0.4, -0.2) is 39.2 Å². The summed E-state index contributed by atoms with van der Waals surface area (Å²) in [5.74, 6) is 1.73. The standard InChI is InChI=1S/C25H27Cl2N3O2S/c1-17-11-13-29(14-12-17)23(31)8-4-5-15-33-25-28-22-7-3-2-6-19(22)24(32)30(25)18-9-10-20(26)21(27)16-18/h2-3,6-7,9-10,16-17H,4-5,8,11-15H2,1H3. The maximum Gasteiger partial charge on any atom is 0.266 e. The first-order valence-corrected chi connectivity index (χ1v) is 13.1. The average Bonchev–Trinajstić information content (AvgIpc) is 2.81. The van der Waals surface area contributed by atoms with E-state index in [0.29, 0.717) is 44.1 Å². The molecule has 0 saturated carbocycles. The van der Waals surface area contributed by atoms with E-state index in [1.165, 1.54) is 11.8 Å². The third kappa shape index (κ3) is 5.73. The Morgan fingerprint density at radius 3 is 2.61 bits per heavy atom. The lowest BCUT2D eigenvalue weighted by molar-refractivity contribution is -0.132. The summed E-state index contributed by atoms with van der Waals surface area (Å²) in [5, 5.41) is 1.97. The van der Waals surface area contributed by atoms with Crippen molar-refractivity contribution in [1.82, 2.24) is 14.5 Å². The molecule has 0 radical (unpaired) electrons. The number of carbonyl (C=O) groups is 1. The summed E-state index contributed by atoms with van der Waals surface area (Å²) in [4.78, 5) is 32.5. The minimum absolute atomic E-state index is 0.143. The molecule has 0 unspecified atom stereocenters. The van der Waals surface area contributed by atoms with Gasteiger partial charge >= 0.3 is 0 Å². The zero-order chi connectivity index (χ0) is 23.4. The molecule has 1 amide bonds. The van der Waals surface area contributed by atoms with Crippen molar-refractivity contribution >= 4 is 51.8 Å². The first-order chi connectivity index (χ1) is 15.9. The predicted molar refractivity (Wildman–Crippen MR) is 137 cm³/mol. The van der Waals surface area contributed by atoms with Crippen molar-refractivity contribution in [2.75, 3.05) is 18.8 Å². The average molecular weight is 504 g/mol. The molecule has 0 bridgehead atoms. The number of hydrogen-bond donors (Lipinski definition) is 0. The number of rotatable bonds is 7. The number of thioether (sulfide) groups is 1. The van der Waals surface area contributed by atoms with Crippen molar-refractivity contribution in [2.45, 2.75) is 44.2 Å². The second kappa shape index (κ2) is 10.9. The van der Waals surface area contributed by atoms with Gasteiger partial charge in [0.1, 0.15) is 0 Å². The monoisotopic (exact) mass is 503 g/mol. The number of unbranched alkanes of at least 4 members (excludes halogenated alkanes) is 1. The summed E-state index contributed by atoms with van der Waals surface area (Å²) in [6, 6.07) is 12.5. The number of para-hydroxylation sites is 1. The van der Waals surface area contributed by atoms with E-state index in [0.717, 1.165) is 44.5 Å². The van der Waals surface area contributed by atoms with Gasteiger partial charge in [0.2, 0.25) is 5.91 Å². The molecule has 1 fully saturated rings. The molecule has 3 aromatic rings. The smallest absolute Gasteiger partial charge is 0.266 e. The largest absolute Gasteiger partial charge is 0.343 e. The number of carbonyl (C=O) groups excluding carboxylic acids is 1. The van der Waals surface area contributed by atoms with Crippen molar-refractivity contribution in [3.05, 3.63) is 62.9 Å². The van der Waals surface area contributed by atoms with Gasteiger partial charge in [0.25, 0.3) is 5.56 Å². The Morgan fingerprint density at radius 2 is 1.85 bits per heavy atom. The van der Waals surface area contributed by atoms with Gasteiger partial charge < -0.3 is 4.90 Å². The van der Waals surface area contributed by atoms with Gasteiger partial charge in [-0.2, -0.15) is 0 Å². The molecule has 1 aromatic heterocycles. The maximum absolute atomic E-state index is 13.3. The number of halogens is 2. The highest BCUT2D eigenvalue weighted by atomic mass is 35.5. The maximum atomic E-state index is 13.3. The van der Waals surface area contributed by atoms with Crippen molar-refractivity contribution in [3.8, 4) is 5.69 Å². The van der Waals surface area contributed by atoms with E-state index >= 15 is 0 Å². The first-order valence-electron chi connectivity index (χ1n) is 11.3. The highest BCUT2D eigenvalue weighted by Crippen LogP contribution is 2.27. The lowest BCUT2D eigenvalue weighted by atomic mass is 9.99. The molecule has 4 rings (SSSR count). The topological polar surface area (TPSA) is 55.2 Å². The molecule has 0 atom stereocenters. The normalized spacial score (nSPS) is 14.7. The van der Waals surface area contributed by atoms with E-state index in [1.807, 2.05) is 23.1 Å². The Balaban J connectivity index is 1.46. The van der Waals surface area contributed by atoms with Crippen molar-refractivity contribution in [3.63, 3.8) is 0 Å². The van der Waals surface area contributed by atoms with Gasteiger partial charge in [-0.05, 0) is 61.9 Å². The van der Waals surface area contributed by atoms with Gasteiger partial charge in [-0.25, -0.2) is 4.98 Å². The number of likely N-dealkylation sites (tertiary alicyclic amines) is 1. The lowest BCUT2D eigenvalue weighted by Gasteiger charge is -2.30. The Hall–Kier alpha value is -2.02. The molecule has 0 spiro atoms. The quantitative estimate of drug-likeness (QED) is 0.218. The third-order valence-corrected chi connectivity index (χ3v) is 7.82. The molecule has 0 aliphatic carbocycles. The summed E-state index contributed by atoms with van der Waals surface area (Å²) >= 11 is 13.8. The van der Waals surface area contributed by atoms with Crippen LogP contribution in [0.2, 0.25) is 10.0 Å². The van der Waals surface area contributed by atoms with Crippen LogP contribution in [0.3, 0.4) is 0 Å². The van der Waals surface area contributed by atoms with Gasteiger partial charge in [0.15, 0.2) is 5.16 Å². The van der Waals surface area contributed by atoms with Gasteiger partial charge in [-0.3, -0.25) is 14.2 Å². The summed E-state index contributed by atoms with van der Waals surface area (Å²) in [6.07, 6.45) is 4.45. The number of piperidine rings is 1. The molecule has 8 heteroatoms. The summed E-state index contributed by atoms with van der Waals surface area (Å²) in [7, 11) is 0. The zero-order valence-electron chi connectivity index (χ0n) is 18.6. The molecule has 1 aliphatic rings. The van der Waals surface area contributed by atoms with Gasteiger partial charge in [-0.15, -0.1) is 0 Å². The Labute approximate surface area is 208 Å². The molecule has 174 valence electrons. The highest BCUT2D eigenvalue weighted by Gasteiger charge is 2.20. The van der Waals surface area contributed by atoms with Gasteiger partial charge in [0, 0.05) is 25.3 Å². The first kappa shape index (κ1) is 24.1. The van der Waals surface area contributed by atoms with E-state index in [1.54, 1.807) is 28.8 Å². The van der Waals surface area contributed by atoms with Crippen LogP contribution in [0.15, 0.2) is 52.4 Å². The molecule has 0 N–H and O–H groups in total. The molecule has 1 aliphatic heterocycles. The van der Waals surface area contributed by atoms with Crippen molar-refractivity contribution < 1.29 is 4.79 Å². The summed E-state index contributed by atoms with van der Waals surface area (Å²) in [5.41, 5.74) is 1.15. The number of aromatic nitrogens is 2. The van der Waals surface area contributed by atoms with Crippen LogP contribution in [-0.2, 0) is 4.79 Å². The van der Waals surface area contributed by atoms with Crippen LogP contribution in [0.5, 0.6) is 0 Å². The van der Waals surface area contributed by atoms with Crippen LogP contribution in [0.1, 0.15) is 39.0 Å². The molecular weight excluding hydrogens is 477 g/mol. The van der Waals surface area contributed by atoms with Crippen LogP contribution >= 0.6 is 35.0 Å². The second-order valence-corrected chi connectivity index (χ2v) is 10.4. The molecule has 1 saturated heterocycles. The second-order valence-electron chi connectivity index (χ2n) is 8.52. The number of nitrogens with zero attached hydrogens (tertiary/aromatic N) is 3. The van der Waals surface area contributed by atoms with Crippen LogP contribution < -0.4 is 5.56 Å². The summed E-state index contributed by atoms with van der Waals surface area (Å²) < 4.78 is 1.59. The number of benzene rings is 2. The molecule has 2 aromatic carbocycles. The SMILES string of the molecule is CC1CCN(C(=O)CCCCSc2nc3ccccc3c(=O)n2-c2ccc(Cl)c(Cl)c2)CC1. The molecule has 33 heavy (non-hydrogen) atoms. The molecule has 5 nitrogen and oxygen atoms in total. The van der Waals surface area contributed by atoms with Gasteiger partial charge in [-0.1, -0.05) is 54.0 Å². The minimum atomic E-state index is -0.143. The van der Waals surface area contributed by atoms with Crippen LogP contribution in [0.4, 0.5) is 0 Å². The fourth-order valence-electron chi connectivity index (χ4n) is 4.02. The van der Waals surface area contributed by atoms with E-state index in [9.17, 15) is 9.59 Å². The van der Waals surface area contributed by atoms with E-state index < -0.39 is 0 Å².